The third kappa shape index (κ3) is 3.81. The molecule has 3 N–H and O–H groups in total. The summed E-state index contributed by atoms with van der Waals surface area (Å²) in [6.07, 6.45) is 4.79. The molecule has 0 unspecified atom stereocenters. The molecule has 0 radical (unpaired) electrons. The second kappa shape index (κ2) is 8.07. The van der Waals surface area contributed by atoms with Gasteiger partial charge in [-0.1, -0.05) is 6.07 Å². The minimum absolute atomic E-state index is 0.0541. The maximum Gasteiger partial charge on any atom is 0.278 e. The Labute approximate surface area is 175 Å². The van der Waals surface area contributed by atoms with E-state index in [1.165, 1.54) is 28.8 Å². The summed E-state index contributed by atoms with van der Waals surface area (Å²) < 4.78 is 19.2. The van der Waals surface area contributed by atoms with Crippen LogP contribution in [0, 0.1) is 5.82 Å². The molecule has 0 fully saturated rings. The van der Waals surface area contributed by atoms with E-state index in [1.807, 2.05) is 19.9 Å². The fourth-order valence-electron chi connectivity index (χ4n) is 2.95. The molecule has 8 nitrogen and oxygen atoms in total. The van der Waals surface area contributed by atoms with Crippen molar-refractivity contribution in [2.45, 2.75) is 24.8 Å². The van der Waals surface area contributed by atoms with Crippen LogP contribution in [0.4, 0.5) is 16.0 Å². The van der Waals surface area contributed by atoms with Crippen molar-refractivity contribution in [3.63, 3.8) is 0 Å². The summed E-state index contributed by atoms with van der Waals surface area (Å²) in [6.45, 7) is 3.71. The standard InChI is InChI=1S/C20H18FN7OS/c1-11(2)28-18-16(10-24-20(22)26-18)25-17(19(28)29)12-5-6-15(14(21)8-12)27-30-13-4-3-7-23-9-13/h3-11,27H,1-2H3,(H2,22,24,26). The van der Waals surface area contributed by atoms with Gasteiger partial charge >= 0.3 is 0 Å². The number of hydrogen-bond acceptors (Lipinski definition) is 8. The Morgan fingerprint density at radius 2 is 2.03 bits per heavy atom. The van der Waals surface area contributed by atoms with Gasteiger partial charge in [0, 0.05) is 28.9 Å². The van der Waals surface area contributed by atoms with Gasteiger partial charge in [0.25, 0.3) is 5.56 Å². The van der Waals surface area contributed by atoms with Crippen LogP contribution in [0.5, 0.6) is 0 Å². The molecule has 4 rings (SSSR count). The molecular weight excluding hydrogens is 405 g/mol. The molecule has 1 aromatic carbocycles. The molecule has 3 aromatic heterocycles. The fraction of sp³-hybridized carbons (Fsp3) is 0.150. The van der Waals surface area contributed by atoms with Crippen molar-refractivity contribution < 1.29 is 4.39 Å². The van der Waals surface area contributed by atoms with E-state index < -0.39 is 5.82 Å². The number of nitrogens with one attached hydrogen (secondary N) is 1. The van der Waals surface area contributed by atoms with E-state index >= 15 is 0 Å². The van der Waals surface area contributed by atoms with Crippen LogP contribution in [-0.4, -0.2) is 24.5 Å². The van der Waals surface area contributed by atoms with Gasteiger partial charge in [0.05, 0.1) is 11.9 Å². The molecule has 0 spiro atoms. The first-order valence-electron chi connectivity index (χ1n) is 9.11. The highest BCUT2D eigenvalue weighted by Crippen LogP contribution is 2.27. The van der Waals surface area contributed by atoms with Crippen molar-refractivity contribution in [3.8, 4) is 11.3 Å². The summed E-state index contributed by atoms with van der Waals surface area (Å²) in [5, 5.41) is 0. The molecular formula is C20H18FN7OS. The van der Waals surface area contributed by atoms with E-state index in [9.17, 15) is 9.18 Å². The SMILES string of the molecule is CC(C)n1c(=O)c(-c2ccc(NSc3cccnc3)c(F)c2)nc2cnc(N)nc21. The molecule has 0 amide bonds. The Bertz CT molecular complexity index is 1280. The highest BCUT2D eigenvalue weighted by Gasteiger charge is 2.17. The van der Waals surface area contributed by atoms with Crippen molar-refractivity contribution in [2.75, 3.05) is 10.5 Å². The highest BCUT2D eigenvalue weighted by molar-refractivity contribution is 8.00. The zero-order chi connectivity index (χ0) is 21.3. The lowest BCUT2D eigenvalue weighted by molar-refractivity contribution is 0.593. The lowest BCUT2D eigenvalue weighted by atomic mass is 10.1. The quantitative estimate of drug-likeness (QED) is 0.468. The highest BCUT2D eigenvalue weighted by atomic mass is 32.2. The third-order valence-electron chi connectivity index (χ3n) is 4.32. The van der Waals surface area contributed by atoms with Gasteiger partial charge in [-0.15, -0.1) is 0 Å². The van der Waals surface area contributed by atoms with Gasteiger partial charge in [-0.25, -0.2) is 14.4 Å². The van der Waals surface area contributed by atoms with Crippen LogP contribution < -0.4 is 16.0 Å². The predicted molar refractivity (Wildman–Crippen MR) is 116 cm³/mol. The van der Waals surface area contributed by atoms with Gasteiger partial charge in [-0.3, -0.25) is 14.3 Å². The molecule has 4 aromatic rings. The van der Waals surface area contributed by atoms with E-state index in [1.54, 1.807) is 30.6 Å². The van der Waals surface area contributed by atoms with Gasteiger partial charge in [0.1, 0.15) is 17.0 Å². The van der Waals surface area contributed by atoms with Crippen molar-refractivity contribution in [1.29, 1.82) is 0 Å². The van der Waals surface area contributed by atoms with Crippen LogP contribution in [-0.2, 0) is 0 Å². The van der Waals surface area contributed by atoms with Crippen molar-refractivity contribution in [2.24, 2.45) is 0 Å². The number of pyridine rings is 1. The predicted octanol–water partition coefficient (Wildman–Crippen LogP) is 3.67. The number of fused-ring (bicyclic) bond motifs is 1. The van der Waals surface area contributed by atoms with Gasteiger partial charge in [-0.05, 0) is 50.1 Å². The summed E-state index contributed by atoms with van der Waals surface area (Å²) in [7, 11) is 0. The van der Waals surface area contributed by atoms with Crippen LogP contribution >= 0.6 is 11.9 Å². The fourth-order valence-corrected chi connectivity index (χ4v) is 3.60. The normalized spacial score (nSPS) is 11.2. The molecule has 10 heteroatoms. The topological polar surface area (TPSA) is 112 Å². The zero-order valence-electron chi connectivity index (χ0n) is 16.2. The summed E-state index contributed by atoms with van der Waals surface area (Å²) >= 11 is 1.24. The maximum absolute atomic E-state index is 14.7. The largest absolute Gasteiger partial charge is 0.368 e. The Morgan fingerprint density at radius 3 is 2.73 bits per heavy atom. The third-order valence-corrected chi connectivity index (χ3v) is 5.12. The molecule has 0 atom stereocenters. The second-order valence-electron chi connectivity index (χ2n) is 6.75. The number of nitrogen functional groups attached to an aromatic ring is 1. The average molecular weight is 423 g/mol. The molecule has 152 valence electrons. The first-order valence-corrected chi connectivity index (χ1v) is 9.93. The lowest BCUT2D eigenvalue weighted by Crippen LogP contribution is -2.26. The molecule has 0 aliphatic rings. The van der Waals surface area contributed by atoms with Crippen molar-refractivity contribution >= 4 is 34.7 Å². The Kier molecular flexibility index (Phi) is 5.32. The number of benzene rings is 1. The van der Waals surface area contributed by atoms with Crippen LogP contribution in [0.3, 0.4) is 0 Å². The van der Waals surface area contributed by atoms with Crippen molar-refractivity contribution in [3.05, 3.63) is 65.1 Å². The van der Waals surface area contributed by atoms with Gasteiger partial charge in [0.15, 0.2) is 5.65 Å². The van der Waals surface area contributed by atoms with Crippen LogP contribution in [0.15, 0.2) is 58.6 Å². The van der Waals surface area contributed by atoms with Crippen LogP contribution in [0.25, 0.3) is 22.4 Å². The number of hydrogen-bond donors (Lipinski definition) is 2. The van der Waals surface area contributed by atoms with E-state index in [2.05, 4.69) is 24.7 Å². The second-order valence-corrected chi connectivity index (χ2v) is 7.63. The number of halogens is 1. The first kappa shape index (κ1) is 19.8. The first-order chi connectivity index (χ1) is 14.4. The van der Waals surface area contributed by atoms with E-state index in [0.29, 0.717) is 16.7 Å². The van der Waals surface area contributed by atoms with E-state index in [-0.39, 0.29) is 28.9 Å². The summed E-state index contributed by atoms with van der Waals surface area (Å²) in [4.78, 5) is 30.4. The van der Waals surface area contributed by atoms with Gasteiger partial charge < -0.3 is 10.5 Å². The van der Waals surface area contributed by atoms with Gasteiger partial charge in [-0.2, -0.15) is 4.98 Å². The Morgan fingerprint density at radius 1 is 1.20 bits per heavy atom. The summed E-state index contributed by atoms with van der Waals surface area (Å²) in [6, 6.07) is 7.96. The van der Waals surface area contributed by atoms with Crippen LogP contribution in [0.1, 0.15) is 19.9 Å². The van der Waals surface area contributed by atoms with Crippen LogP contribution in [0.2, 0.25) is 0 Å². The molecule has 0 saturated heterocycles. The zero-order valence-corrected chi connectivity index (χ0v) is 17.0. The molecule has 0 saturated carbocycles. The van der Waals surface area contributed by atoms with Gasteiger partial charge in [0.2, 0.25) is 5.95 Å². The maximum atomic E-state index is 14.7. The minimum Gasteiger partial charge on any atom is -0.368 e. The number of anilines is 2. The molecule has 0 aliphatic heterocycles. The summed E-state index contributed by atoms with van der Waals surface area (Å²) in [5.41, 5.74) is 6.82. The number of nitrogens with zero attached hydrogens (tertiary/aromatic N) is 5. The van der Waals surface area contributed by atoms with E-state index in [0.717, 1.165) is 4.90 Å². The summed E-state index contributed by atoms with van der Waals surface area (Å²) in [5.74, 6) is -0.451. The number of nitrogens with two attached hydrogens (primary N) is 1. The number of rotatable bonds is 5. The van der Waals surface area contributed by atoms with E-state index in [4.69, 9.17) is 5.73 Å². The minimum atomic E-state index is -0.505. The molecule has 0 bridgehead atoms. The molecule has 3 heterocycles. The Balaban J connectivity index is 1.73. The Hall–Kier alpha value is -3.53. The monoisotopic (exact) mass is 423 g/mol. The lowest BCUT2D eigenvalue weighted by Gasteiger charge is -2.15. The number of aromatic nitrogens is 5. The average Bonchev–Trinajstić information content (AvgIpc) is 2.73. The molecule has 0 aliphatic carbocycles. The smallest absolute Gasteiger partial charge is 0.278 e. The molecule has 30 heavy (non-hydrogen) atoms. The van der Waals surface area contributed by atoms with Crippen molar-refractivity contribution in [1.82, 2.24) is 24.5 Å².